The molecule has 7 heteroatoms. The predicted molar refractivity (Wildman–Crippen MR) is 121 cm³/mol. The van der Waals surface area contributed by atoms with Crippen LogP contribution < -0.4 is 9.47 Å². The second kappa shape index (κ2) is 9.66. The smallest absolute Gasteiger partial charge is 0.336 e. The van der Waals surface area contributed by atoms with Gasteiger partial charge in [-0.1, -0.05) is 24.6 Å². The summed E-state index contributed by atoms with van der Waals surface area (Å²) >= 11 is 0. The van der Waals surface area contributed by atoms with E-state index in [1.54, 1.807) is 18.2 Å². The minimum Gasteiger partial charge on any atom is -0.495 e. The summed E-state index contributed by atoms with van der Waals surface area (Å²) in [5, 5.41) is 0. The van der Waals surface area contributed by atoms with Gasteiger partial charge in [0.2, 0.25) is 10.0 Å². The summed E-state index contributed by atoms with van der Waals surface area (Å²) < 4.78 is 38.6. The van der Waals surface area contributed by atoms with Crippen LogP contribution in [-0.4, -0.2) is 38.9 Å². The molecule has 0 aromatic heterocycles. The van der Waals surface area contributed by atoms with Crippen molar-refractivity contribution >= 4 is 22.1 Å². The van der Waals surface area contributed by atoms with Crippen molar-refractivity contribution in [2.45, 2.75) is 44.9 Å². The standard InChI is InChI=1S/C24H29NO5S/c1-17-8-9-18(2)24(19(17)3)30-23(26)13-11-20-10-12-21(29-4)22(16-20)31(27,28)25-14-6-5-7-15-25/h8-13,16H,5-7,14-15H2,1-4H3/b13-11+. The van der Waals surface area contributed by atoms with E-state index in [-0.39, 0.29) is 10.6 Å². The van der Waals surface area contributed by atoms with Gasteiger partial charge in [0, 0.05) is 19.2 Å². The number of methoxy groups -OCH3 is 1. The molecule has 3 rings (SSSR count). The zero-order valence-electron chi connectivity index (χ0n) is 18.5. The second-order valence-corrected chi connectivity index (χ2v) is 9.69. The van der Waals surface area contributed by atoms with Gasteiger partial charge in [-0.25, -0.2) is 13.2 Å². The highest BCUT2D eigenvalue weighted by Gasteiger charge is 2.29. The van der Waals surface area contributed by atoms with E-state index in [0.717, 1.165) is 36.0 Å². The van der Waals surface area contributed by atoms with Crippen molar-refractivity contribution in [2.24, 2.45) is 0 Å². The third kappa shape index (κ3) is 5.17. The van der Waals surface area contributed by atoms with Crippen molar-refractivity contribution in [1.29, 1.82) is 0 Å². The van der Waals surface area contributed by atoms with Crippen LogP contribution in [0.5, 0.6) is 11.5 Å². The molecule has 166 valence electrons. The number of hydrogen-bond acceptors (Lipinski definition) is 5. The Hall–Kier alpha value is -2.64. The van der Waals surface area contributed by atoms with E-state index in [9.17, 15) is 13.2 Å². The number of benzene rings is 2. The maximum atomic E-state index is 13.1. The summed E-state index contributed by atoms with van der Waals surface area (Å²) in [4.78, 5) is 12.5. The van der Waals surface area contributed by atoms with E-state index in [1.165, 1.54) is 23.6 Å². The monoisotopic (exact) mass is 443 g/mol. The summed E-state index contributed by atoms with van der Waals surface area (Å²) in [5.41, 5.74) is 3.41. The topological polar surface area (TPSA) is 72.9 Å². The van der Waals surface area contributed by atoms with Crippen molar-refractivity contribution in [2.75, 3.05) is 20.2 Å². The van der Waals surface area contributed by atoms with Crippen molar-refractivity contribution in [3.8, 4) is 11.5 Å². The molecular formula is C24H29NO5S. The molecule has 0 N–H and O–H groups in total. The minimum absolute atomic E-state index is 0.109. The Morgan fingerprint density at radius 1 is 1.00 bits per heavy atom. The zero-order valence-corrected chi connectivity index (χ0v) is 19.3. The van der Waals surface area contributed by atoms with Crippen molar-refractivity contribution in [3.63, 3.8) is 0 Å². The molecule has 0 atom stereocenters. The van der Waals surface area contributed by atoms with Crippen LogP contribution in [0.15, 0.2) is 41.3 Å². The quantitative estimate of drug-likeness (QED) is 0.376. The van der Waals surface area contributed by atoms with Gasteiger partial charge >= 0.3 is 5.97 Å². The first-order valence-electron chi connectivity index (χ1n) is 10.4. The molecule has 0 unspecified atom stereocenters. The van der Waals surface area contributed by atoms with Crippen molar-refractivity contribution in [1.82, 2.24) is 4.31 Å². The van der Waals surface area contributed by atoms with Crippen LogP contribution in [0.2, 0.25) is 0 Å². The van der Waals surface area contributed by atoms with Gasteiger partial charge in [-0.2, -0.15) is 4.31 Å². The summed E-state index contributed by atoms with van der Waals surface area (Å²) in [6.07, 6.45) is 5.60. The van der Waals surface area contributed by atoms with Crippen molar-refractivity contribution < 1.29 is 22.7 Å². The Morgan fingerprint density at radius 2 is 1.68 bits per heavy atom. The molecule has 0 aliphatic carbocycles. The number of aryl methyl sites for hydroxylation is 2. The first-order chi connectivity index (χ1) is 14.7. The molecule has 0 bridgehead atoms. The van der Waals surface area contributed by atoms with E-state index < -0.39 is 16.0 Å². The Balaban J connectivity index is 1.84. The maximum Gasteiger partial charge on any atom is 0.336 e. The lowest BCUT2D eigenvalue weighted by Crippen LogP contribution is -2.35. The van der Waals surface area contributed by atoms with E-state index in [0.29, 0.717) is 24.4 Å². The van der Waals surface area contributed by atoms with Gasteiger partial charge in [-0.15, -0.1) is 0 Å². The highest BCUT2D eigenvalue weighted by atomic mass is 32.2. The summed E-state index contributed by atoms with van der Waals surface area (Å²) in [6, 6.07) is 8.75. The molecule has 2 aromatic rings. The van der Waals surface area contributed by atoms with Crippen LogP contribution in [-0.2, 0) is 14.8 Å². The molecule has 1 aliphatic heterocycles. The number of hydrogen-bond donors (Lipinski definition) is 0. The van der Waals surface area contributed by atoms with Gasteiger partial charge in [0.05, 0.1) is 7.11 Å². The second-order valence-electron chi connectivity index (χ2n) is 7.78. The zero-order chi connectivity index (χ0) is 22.6. The average molecular weight is 444 g/mol. The Bertz CT molecular complexity index is 1100. The highest BCUT2D eigenvalue weighted by Crippen LogP contribution is 2.30. The largest absolute Gasteiger partial charge is 0.495 e. The molecule has 1 fully saturated rings. The third-order valence-electron chi connectivity index (χ3n) is 5.61. The SMILES string of the molecule is COc1ccc(/C=C/C(=O)Oc2c(C)ccc(C)c2C)cc1S(=O)(=O)N1CCCCC1. The van der Waals surface area contributed by atoms with E-state index in [1.807, 2.05) is 32.9 Å². The van der Waals surface area contributed by atoms with Gasteiger partial charge < -0.3 is 9.47 Å². The van der Waals surface area contributed by atoms with E-state index in [4.69, 9.17) is 9.47 Å². The number of sulfonamides is 1. The Kier molecular flexibility index (Phi) is 7.18. The molecule has 0 radical (unpaired) electrons. The molecule has 1 saturated heterocycles. The van der Waals surface area contributed by atoms with Gasteiger partial charge in [0.15, 0.2) is 0 Å². The Morgan fingerprint density at radius 3 is 2.35 bits per heavy atom. The number of carbonyl (C=O) groups is 1. The van der Waals surface area contributed by atoms with Gasteiger partial charge in [0.25, 0.3) is 0 Å². The molecular weight excluding hydrogens is 414 g/mol. The summed E-state index contributed by atoms with van der Waals surface area (Å²) in [5.74, 6) is 0.321. The first-order valence-corrected chi connectivity index (χ1v) is 11.8. The fraction of sp³-hybridized carbons (Fsp3) is 0.375. The van der Waals surface area contributed by atoms with Crippen LogP contribution in [0.25, 0.3) is 6.08 Å². The summed E-state index contributed by atoms with van der Waals surface area (Å²) in [6.45, 7) is 6.78. The number of ether oxygens (including phenoxy) is 2. The lowest BCUT2D eigenvalue weighted by Gasteiger charge is -2.26. The number of rotatable bonds is 6. The molecule has 0 spiro atoms. The fourth-order valence-corrected chi connectivity index (χ4v) is 5.33. The van der Waals surface area contributed by atoms with Gasteiger partial charge in [-0.3, -0.25) is 0 Å². The lowest BCUT2D eigenvalue weighted by atomic mass is 10.1. The Labute approximate surface area is 184 Å². The first kappa shape index (κ1) is 23.0. The summed E-state index contributed by atoms with van der Waals surface area (Å²) in [7, 11) is -2.22. The van der Waals surface area contributed by atoms with Crippen LogP contribution in [0.1, 0.15) is 41.5 Å². The minimum atomic E-state index is -3.67. The lowest BCUT2D eigenvalue weighted by molar-refractivity contribution is -0.129. The number of carbonyl (C=O) groups excluding carboxylic acids is 1. The maximum absolute atomic E-state index is 13.1. The molecule has 1 heterocycles. The van der Waals surface area contributed by atoms with Gasteiger partial charge in [0.1, 0.15) is 16.4 Å². The van der Waals surface area contributed by atoms with Crippen LogP contribution in [0.4, 0.5) is 0 Å². The third-order valence-corrected chi connectivity index (χ3v) is 7.53. The molecule has 2 aromatic carbocycles. The predicted octanol–water partition coefficient (Wildman–Crippen LogP) is 4.41. The van der Waals surface area contributed by atoms with Crippen LogP contribution in [0.3, 0.4) is 0 Å². The van der Waals surface area contributed by atoms with E-state index in [2.05, 4.69) is 0 Å². The number of esters is 1. The number of nitrogens with zero attached hydrogens (tertiary/aromatic N) is 1. The molecule has 0 saturated carbocycles. The van der Waals surface area contributed by atoms with Gasteiger partial charge in [-0.05, 0) is 74.1 Å². The normalized spacial score (nSPS) is 15.2. The van der Waals surface area contributed by atoms with Crippen molar-refractivity contribution in [3.05, 3.63) is 58.7 Å². The number of piperidine rings is 1. The molecule has 0 amide bonds. The van der Waals surface area contributed by atoms with Crippen LogP contribution in [0, 0.1) is 20.8 Å². The van der Waals surface area contributed by atoms with Crippen LogP contribution >= 0.6 is 0 Å². The molecule has 6 nitrogen and oxygen atoms in total. The van der Waals surface area contributed by atoms with E-state index >= 15 is 0 Å². The fourth-order valence-electron chi connectivity index (χ4n) is 3.62. The molecule has 1 aliphatic rings. The molecule has 31 heavy (non-hydrogen) atoms. The highest BCUT2D eigenvalue weighted by molar-refractivity contribution is 7.89. The average Bonchev–Trinajstić information content (AvgIpc) is 2.78.